The Bertz CT molecular complexity index is 583. The third-order valence-corrected chi connectivity index (χ3v) is 5.44. The molecule has 7 nitrogen and oxygen atoms in total. The van der Waals surface area contributed by atoms with Gasteiger partial charge in [0.15, 0.2) is 5.96 Å². The molecule has 1 saturated carbocycles. The fraction of sp³-hybridized carbons (Fsp3) is 0.762. The summed E-state index contributed by atoms with van der Waals surface area (Å²) in [7, 11) is 0. The number of halogens is 1. The fourth-order valence-electron chi connectivity index (χ4n) is 3.89. The predicted octanol–water partition coefficient (Wildman–Crippen LogP) is 2.39. The molecule has 1 aromatic rings. The summed E-state index contributed by atoms with van der Waals surface area (Å²) in [6.45, 7) is 6.81. The Kier molecular flexibility index (Phi) is 10.8. The monoisotopic (exact) mass is 520 g/mol. The SMILES string of the molecule is CC(O)(CN=C(NCCc1ccco1)NC1CCCCC1)CN1CCOCC1.I. The minimum Gasteiger partial charge on any atom is -0.469 e. The average Bonchev–Trinajstić information content (AvgIpc) is 3.21. The van der Waals surface area contributed by atoms with Gasteiger partial charge < -0.3 is 24.9 Å². The van der Waals surface area contributed by atoms with Crippen LogP contribution in [-0.4, -0.2) is 73.5 Å². The van der Waals surface area contributed by atoms with Crippen LogP contribution in [0.1, 0.15) is 44.8 Å². The van der Waals surface area contributed by atoms with E-state index in [-0.39, 0.29) is 24.0 Å². The molecule has 1 aromatic heterocycles. The lowest BCUT2D eigenvalue weighted by Gasteiger charge is -2.33. The maximum atomic E-state index is 10.8. The first kappa shape index (κ1) is 24.4. The molecular weight excluding hydrogens is 483 g/mol. The first-order valence-electron chi connectivity index (χ1n) is 10.7. The number of furan rings is 1. The van der Waals surface area contributed by atoms with Crippen molar-refractivity contribution in [3.8, 4) is 0 Å². The highest BCUT2D eigenvalue weighted by Gasteiger charge is 2.25. The van der Waals surface area contributed by atoms with E-state index < -0.39 is 5.60 Å². The second-order valence-corrected chi connectivity index (χ2v) is 8.29. The van der Waals surface area contributed by atoms with Crippen LogP contribution < -0.4 is 10.6 Å². The Morgan fingerprint density at radius 2 is 2.03 bits per heavy atom. The molecule has 3 N–H and O–H groups in total. The molecule has 0 radical (unpaired) electrons. The lowest BCUT2D eigenvalue weighted by molar-refractivity contribution is -0.0180. The molecule has 29 heavy (non-hydrogen) atoms. The van der Waals surface area contributed by atoms with Gasteiger partial charge in [0.25, 0.3) is 0 Å². The van der Waals surface area contributed by atoms with Crippen LogP contribution in [0.2, 0.25) is 0 Å². The Hall–Kier alpha value is -0.840. The quantitative estimate of drug-likeness (QED) is 0.278. The standard InChI is InChI=1S/C21H36N4O3.HI/c1-21(26,17-25-11-14-27-15-12-25)16-23-20(24-18-6-3-2-4-7-18)22-10-9-19-8-5-13-28-19;/h5,8,13,18,26H,2-4,6-7,9-12,14-17H2,1H3,(H2,22,23,24);1H. The number of morpholine rings is 1. The van der Waals surface area contributed by atoms with Gasteiger partial charge in [-0.25, -0.2) is 0 Å². The number of nitrogens with one attached hydrogen (secondary N) is 2. The van der Waals surface area contributed by atoms with Gasteiger partial charge in [-0.05, 0) is 31.9 Å². The van der Waals surface area contributed by atoms with Crippen LogP contribution in [0.25, 0.3) is 0 Å². The number of aliphatic hydroxyl groups is 1. The molecule has 2 fully saturated rings. The smallest absolute Gasteiger partial charge is 0.191 e. The van der Waals surface area contributed by atoms with Gasteiger partial charge in [-0.2, -0.15) is 0 Å². The molecule has 0 spiro atoms. The highest BCUT2D eigenvalue weighted by Crippen LogP contribution is 2.17. The third-order valence-electron chi connectivity index (χ3n) is 5.44. The van der Waals surface area contributed by atoms with E-state index in [1.807, 2.05) is 19.1 Å². The summed E-state index contributed by atoms with van der Waals surface area (Å²) in [6.07, 6.45) is 8.74. The Labute approximate surface area is 191 Å². The highest BCUT2D eigenvalue weighted by molar-refractivity contribution is 14.0. The minimum absolute atomic E-state index is 0. The molecule has 0 bridgehead atoms. The van der Waals surface area contributed by atoms with Crippen molar-refractivity contribution in [2.24, 2.45) is 4.99 Å². The molecule has 1 aliphatic heterocycles. The van der Waals surface area contributed by atoms with Gasteiger partial charge in [-0.15, -0.1) is 24.0 Å². The molecule has 2 heterocycles. The maximum absolute atomic E-state index is 10.8. The van der Waals surface area contributed by atoms with Crippen LogP contribution in [-0.2, 0) is 11.2 Å². The van der Waals surface area contributed by atoms with E-state index >= 15 is 0 Å². The Balaban J connectivity index is 0.00000300. The second kappa shape index (κ2) is 12.8. The first-order valence-corrected chi connectivity index (χ1v) is 10.7. The summed E-state index contributed by atoms with van der Waals surface area (Å²) < 4.78 is 10.8. The van der Waals surface area contributed by atoms with E-state index in [2.05, 4.69) is 15.5 Å². The van der Waals surface area contributed by atoms with Crippen LogP contribution in [0.4, 0.5) is 0 Å². The minimum atomic E-state index is -0.862. The second-order valence-electron chi connectivity index (χ2n) is 8.29. The van der Waals surface area contributed by atoms with Crippen LogP contribution in [0, 0.1) is 0 Å². The average molecular weight is 520 g/mol. The third kappa shape index (κ3) is 9.23. The first-order chi connectivity index (χ1) is 13.6. The van der Waals surface area contributed by atoms with Crippen molar-refractivity contribution in [1.29, 1.82) is 0 Å². The number of guanidine groups is 1. The number of ether oxygens (including phenoxy) is 1. The van der Waals surface area contributed by atoms with Crippen molar-refractivity contribution in [2.75, 3.05) is 45.9 Å². The lowest BCUT2D eigenvalue weighted by atomic mass is 9.96. The molecule has 3 rings (SSSR count). The summed E-state index contributed by atoms with van der Waals surface area (Å²) in [4.78, 5) is 6.98. The number of aliphatic imine (C=N–C) groups is 1. The van der Waals surface area contributed by atoms with Gasteiger partial charge in [0.2, 0.25) is 0 Å². The van der Waals surface area contributed by atoms with E-state index in [0.29, 0.717) is 19.1 Å². The van der Waals surface area contributed by atoms with E-state index in [9.17, 15) is 5.11 Å². The van der Waals surface area contributed by atoms with Crippen molar-refractivity contribution in [3.05, 3.63) is 24.2 Å². The van der Waals surface area contributed by atoms with Crippen molar-refractivity contribution < 1.29 is 14.3 Å². The van der Waals surface area contributed by atoms with Gasteiger partial charge in [0.1, 0.15) is 5.76 Å². The summed E-state index contributed by atoms with van der Waals surface area (Å²) >= 11 is 0. The molecule has 2 aliphatic rings. The molecule has 0 aromatic carbocycles. The number of rotatable bonds is 8. The molecule has 8 heteroatoms. The van der Waals surface area contributed by atoms with Crippen LogP contribution in [0.15, 0.2) is 27.8 Å². The molecule has 166 valence electrons. The van der Waals surface area contributed by atoms with Gasteiger partial charge in [0, 0.05) is 38.6 Å². The van der Waals surface area contributed by atoms with Gasteiger partial charge in [0.05, 0.1) is 31.6 Å². The van der Waals surface area contributed by atoms with Crippen LogP contribution >= 0.6 is 24.0 Å². The van der Waals surface area contributed by atoms with E-state index in [0.717, 1.165) is 51.0 Å². The molecule has 1 atom stereocenters. The predicted molar refractivity (Wildman–Crippen MR) is 126 cm³/mol. The summed E-state index contributed by atoms with van der Waals surface area (Å²) in [5.74, 6) is 1.75. The highest BCUT2D eigenvalue weighted by atomic mass is 127. The lowest BCUT2D eigenvalue weighted by Crippen LogP contribution is -2.49. The molecule has 1 unspecified atom stereocenters. The van der Waals surface area contributed by atoms with Crippen LogP contribution in [0.5, 0.6) is 0 Å². The van der Waals surface area contributed by atoms with Gasteiger partial charge >= 0.3 is 0 Å². The number of hydrogen-bond acceptors (Lipinski definition) is 5. The zero-order valence-corrected chi connectivity index (χ0v) is 19.9. The topological polar surface area (TPSA) is 82.3 Å². The van der Waals surface area contributed by atoms with Crippen molar-refractivity contribution in [3.63, 3.8) is 0 Å². The zero-order chi connectivity index (χ0) is 19.7. The van der Waals surface area contributed by atoms with E-state index in [1.54, 1.807) is 6.26 Å². The maximum Gasteiger partial charge on any atom is 0.191 e. The van der Waals surface area contributed by atoms with Crippen molar-refractivity contribution in [2.45, 2.75) is 57.1 Å². The Morgan fingerprint density at radius 3 is 2.72 bits per heavy atom. The van der Waals surface area contributed by atoms with Gasteiger partial charge in [-0.3, -0.25) is 9.89 Å². The zero-order valence-electron chi connectivity index (χ0n) is 17.6. The van der Waals surface area contributed by atoms with Crippen molar-refractivity contribution >= 4 is 29.9 Å². The summed E-state index contributed by atoms with van der Waals surface area (Å²) in [6, 6.07) is 4.36. The number of β-amino-alcohol motifs (C(OH)–C–C–N with tert-alkyl or cyclic N) is 1. The largest absolute Gasteiger partial charge is 0.469 e. The fourth-order valence-corrected chi connectivity index (χ4v) is 3.89. The number of hydrogen-bond donors (Lipinski definition) is 3. The van der Waals surface area contributed by atoms with Crippen molar-refractivity contribution in [1.82, 2.24) is 15.5 Å². The normalized spacial score (nSPS) is 21.2. The molecule has 1 aliphatic carbocycles. The van der Waals surface area contributed by atoms with Crippen LogP contribution in [0.3, 0.4) is 0 Å². The summed E-state index contributed by atoms with van der Waals surface area (Å²) in [5, 5.41) is 17.8. The molecule has 0 amide bonds. The van der Waals surface area contributed by atoms with E-state index in [4.69, 9.17) is 14.1 Å². The molecular formula is C21H37IN4O3. The molecule has 1 saturated heterocycles. The van der Waals surface area contributed by atoms with Gasteiger partial charge in [-0.1, -0.05) is 19.3 Å². The summed E-state index contributed by atoms with van der Waals surface area (Å²) in [5.41, 5.74) is -0.862. The van der Waals surface area contributed by atoms with E-state index in [1.165, 1.54) is 32.1 Å². The Morgan fingerprint density at radius 1 is 1.28 bits per heavy atom. The number of nitrogens with zero attached hydrogens (tertiary/aromatic N) is 2.